The summed E-state index contributed by atoms with van der Waals surface area (Å²) in [5.74, 6) is -1.37. The number of hydrogen-bond acceptors (Lipinski definition) is 4. The molecule has 31 heavy (non-hydrogen) atoms. The molecule has 0 radical (unpaired) electrons. The fourth-order valence-electron chi connectivity index (χ4n) is 3.81. The van der Waals surface area contributed by atoms with Crippen LogP contribution in [-0.4, -0.2) is 32.7 Å². The van der Waals surface area contributed by atoms with Gasteiger partial charge in [0.05, 0.1) is 23.7 Å². The van der Waals surface area contributed by atoms with Crippen molar-refractivity contribution in [3.8, 4) is 0 Å². The third kappa shape index (κ3) is 4.44. The Morgan fingerprint density at radius 1 is 1.10 bits per heavy atom. The minimum atomic E-state index is -1.02. The van der Waals surface area contributed by atoms with Crippen molar-refractivity contribution in [2.24, 2.45) is 5.10 Å². The zero-order valence-electron chi connectivity index (χ0n) is 17.3. The van der Waals surface area contributed by atoms with Crippen LogP contribution in [0.25, 0.3) is 10.9 Å². The third-order valence-electron chi connectivity index (χ3n) is 5.38. The first-order valence-corrected chi connectivity index (χ1v) is 10.4. The largest absolute Gasteiger partial charge is 0.481 e. The highest BCUT2D eigenvalue weighted by Crippen LogP contribution is 2.37. The summed E-state index contributed by atoms with van der Waals surface area (Å²) in [5, 5.41) is 16.2. The van der Waals surface area contributed by atoms with Crippen molar-refractivity contribution >= 4 is 40.1 Å². The highest BCUT2D eigenvalue weighted by molar-refractivity contribution is 6.30. The number of aryl methyl sites for hydroxylation is 2. The number of pyridine rings is 1. The van der Waals surface area contributed by atoms with E-state index in [9.17, 15) is 9.59 Å². The number of carbonyl (C=O) groups is 2. The molecule has 2 heterocycles. The smallest absolute Gasteiger partial charge is 0.303 e. The lowest BCUT2D eigenvalue weighted by atomic mass is 9.97. The summed E-state index contributed by atoms with van der Waals surface area (Å²) >= 11 is 6.56. The van der Waals surface area contributed by atoms with Crippen molar-refractivity contribution in [2.45, 2.75) is 39.2 Å². The number of hydrazone groups is 1. The van der Waals surface area contributed by atoms with Crippen LogP contribution < -0.4 is 0 Å². The highest BCUT2D eigenvalue weighted by Gasteiger charge is 2.35. The summed E-state index contributed by atoms with van der Waals surface area (Å²) in [6, 6.07) is 15.4. The average Bonchev–Trinajstić information content (AvgIpc) is 3.16. The Morgan fingerprint density at radius 2 is 1.87 bits per heavy atom. The molecule has 0 fully saturated rings. The van der Waals surface area contributed by atoms with Gasteiger partial charge in [0, 0.05) is 23.8 Å². The molecule has 7 heteroatoms. The van der Waals surface area contributed by atoms with Crippen molar-refractivity contribution in [1.82, 2.24) is 9.99 Å². The average molecular weight is 436 g/mol. The predicted octanol–water partition coefficient (Wildman–Crippen LogP) is 5.05. The number of aliphatic carboxylic acids is 1. The van der Waals surface area contributed by atoms with E-state index in [1.807, 2.05) is 62.4 Å². The van der Waals surface area contributed by atoms with Crippen LogP contribution in [0.4, 0.5) is 0 Å². The van der Waals surface area contributed by atoms with E-state index in [4.69, 9.17) is 16.7 Å². The maximum absolute atomic E-state index is 12.9. The van der Waals surface area contributed by atoms with Crippen molar-refractivity contribution in [1.29, 1.82) is 0 Å². The Morgan fingerprint density at radius 3 is 2.61 bits per heavy atom. The van der Waals surface area contributed by atoms with Gasteiger partial charge in [0.1, 0.15) is 5.15 Å². The maximum Gasteiger partial charge on any atom is 0.303 e. The second kappa shape index (κ2) is 8.47. The monoisotopic (exact) mass is 435 g/mol. The lowest BCUT2D eigenvalue weighted by Crippen LogP contribution is -2.27. The molecule has 1 amide bonds. The highest BCUT2D eigenvalue weighted by atomic mass is 35.5. The van der Waals surface area contributed by atoms with Gasteiger partial charge < -0.3 is 5.11 Å². The Bertz CT molecular complexity index is 1220. The topological polar surface area (TPSA) is 82.9 Å². The molecule has 0 spiro atoms. The Balaban J connectivity index is 1.75. The molecular weight excluding hydrogens is 414 g/mol. The maximum atomic E-state index is 12.9. The van der Waals surface area contributed by atoms with Gasteiger partial charge >= 0.3 is 5.97 Å². The summed E-state index contributed by atoms with van der Waals surface area (Å²) in [6.45, 7) is 3.99. The van der Waals surface area contributed by atoms with E-state index in [0.29, 0.717) is 17.1 Å². The first-order valence-electron chi connectivity index (χ1n) is 10.1. The molecule has 0 saturated heterocycles. The first kappa shape index (κ1) is 21.0. The van der Waals surface area contributed by atoms with E-state index in [1.54, 1.807) is 0 Å². The van der Waals surface area contributed by atoms with E-state index in [0.717, 1.165) is 33.3 Å². The number of halogens is 1. The molecule has 1 atom stereocenters. The number of carboxylic acid groups (broad SMARTS) is 1. The molecule has 1 N–H and O–H groups in total. The van der Waals surface area contributed by atoms with Gasteiger partial charge in [0.2, 0.25) is 5.91 Å². The van der Waals surface area contributed by atoms with Gasteiger partial charge in [0.15, 0.2) is 0 Å². The first-order chi connectivity index (χ1) is 14.8. The van der Waals surface area contributed by atoms with Crippen LogP contribution in [0.2, 0.25) is 5.15 Å². The lowest BCUT2D eigenvalue weighted by Gasteiger charge is -2.23. The molecule has 4 rings (SSSR count). The van der Waals surface area contributed by atoms with Crippen LogP contribution in [0, 0.1) is 13.8 Å². The molecule has 1 aliphatic heterocycles. The van der Waals surface area contributed by atoms with Crippen LogP contribution in [-0.2, 0) is 9.59 Å². The number of carboxylic acids is 1. The van der Waals surface area contributed by atoms with Crippen LogP contribution in [0.1, 0.15) is 47.6 Å². The molecule has 1 aliphatic rings. The normalized spacial score (nSPS) is 15.9. The molecule has 2 aromatic carbocycles. The number of rotatable bonds is 5. The summed E-state index contributed by atoms with van der Waals surface area (Å²) in [5.41, 5.74) is 5.35. The van der Waals surface area contributed by atoms with Gasteiger partial charge in [-0.2, -0.15) is 5.10 Å². The van der Waals surface area contributed by atoms with Crippen LogP contribution in [0.15, 0.2) is 53.6 Å². The number of hydrogen-bond donors (Lipinski definition) is 1. The minimum absolute atomic E-state index is 0.131. The second-order valence-electron chi connectivity index (χ2n) is 7.83. The van der Waals surface area contributed by atoms with Crippen molar-refractivity contribution < 1.29 is 14.7 Å². The van der Waals surface area contributed by atoms with Crippen LogP contribution >= 0.6 is 11.6 Å². The molecule has 3 aromatic rings. The summed E-state index contributed by atoms with van der Waals surface area (Å²) < 4.78 is 0. The Hall–Kier alpha value is -3.25. The van der Waals surface area contributed by atoms with E-state index in [2.05, 4.69) is 10.1 Å². The lowest BCUT2D eigenvalue weighted by molar-refractivity contribution is -0.141. The number of benzene rings is 2. The van der Waals surface area contributed by atoms with Crippen molar-refractivity contribution in [2.75, 3.05) is 0 Å². The molecule has 6 nitrogen and oxygen atoms in total. The number of carbonyl (C=O) groups excluding carboxylic acids is 1. The van der Waals surface area contributed by atoms with E-state index >= 15 is 0 Å². The summed E-state index contributed by atoms with van der Waals surface area (Å²) in [4.78, 5) is 28.4. The third-order valence-corrected chi connectivity index (χ3v) is 5.69. The summed E-state index contributed by atoms with van der Waals surface area (Å²) in [6.07, 6.45) is 0.0929. The fourth-order valence-corrected chi connectivity index (χ4v) is 4.09. The quantitative estimate of drug-likeness (QED) is 0.568. The van der Waals surface area contributed by atoms with E-state index in [-0.39, 0.29) is 18.7 Å². The molecule has 0 saturated carbocycles. The van der Waals surface area contributed by atoms with Crippen molar-refractivity contribution in [3.63, 3.8) is 0 Å². The van der Waals surface area contributed by atoms with E-state index < -0.39 is 12.0 Å². The van der Waals surface area contributed by atoms with Gasteiger partial charge in [-0.05, 0) is 37.1 Å². The SMILES string of the molecule is Cc1cccc(C2=NN(C(=O)CCC(=O)O)[C@H](c3cc4ccc(C)cc4nc3Cl)C2)c1. The van der Waals surface area contributed by atoms with Crippen LogP contribution in [0.3, 0.4) is 0 Å². The van der Waals surface area contributed by atoms with Gasteiger partial charge in [-0.25, -0.2) is 9.99 Å². The number of aromatic nitrogens is 1. The zero-order valence-corrected chi connectivity index (χ0v) is 18.1. The Labute approximate surface area is 185 Å². The van der Waals surface area contributed by atoms with Crippen LogP contribution in [0.5, 0.6) is 0 Å². The molecule has 0 unspecified atom stereocenters. The number of nitrogens with zero attached hydrogens (tertiary/aromatic N) is 3. The molecular formula is C24H22ClN3O3. The van der Waals surface area contributed by atoms with Crippen molar-refractivity contribution in [3.05, 3.63) is 75.9 Å². The summed E-state index contributed by atoms with van der Waals surface area (Å²) in [7, 11) is 0. The molecule has 0 aliphatic carbocycles. The fraction of sp³-hybridized carbons (Fsp3) is 0.250. The van der Waals surface area contributed by atoms with Gasteiger partial charge in [-0.3, -0.25) is 9.59 Å². The minimum Gasteiger partial charge on any atom is -0.481 e. The van der Waals surface area contributed by atoms with Gasteiger partial charge in [-0.1, -0.05) is 53.6 Å². The standard InChI is InChI=1S/C24H22ClN3O3/c1-14-4-3-5-16(10-14)20-13-21(28(27-20)22(29)8-9-23(30)31)18-12-17-7-6-15(2)11-19(17)26-24(18)25/h3-7,10-12,21H,8-9,13H2,1-2H3,(H,30,31)/t21-/m0/s1. The van der Waals surface area contributed by atoms with E-state index in [1.165, 1.54) is 5.01 Å². The van der Waals surface area contributed by atoms with Gasteiger partial charge in [-0.15, -0.1) is 0 Å². The number of amides is 1. The molecule has 158 valence electrons. The Kier molecular flexibility index (Phi) is 5.74. The second-order valence-corrected chi connectivity index (χ2v) is 8.19. The molecule has 0 bridgehead atoms. The number of fused-ring (bicyclic) bond motifs is 1. The van der Waals surface area contributed by atoms with Gasteiger partial charge in [0.25, 0.3) is 0 Å². The zero-order chi connectivity index (χ0) is 22.1. The predicted molar refractivity (Wildman–Crippen MR) is 120 cm³/mol. The molecule has 1 aromatic heterocycles.